The summed E-state index contributed by atoms with van der Waals surface area (Å²) in [5.74, 6) is 0. The quantitative estimate of drug-likeness (QED) is 0.576. The van der Waals surface area contributed by atoms with E-state index in [0.29, 0.717) is 11.3 Å². The summed E-state index contributed by atoms with van der Waals surface area (Å²) in [6.45, 7) is 7.82. The highest BCUT2D eigenvalue weighted by molar-refractivity contribution is 5.79. The van der Waals surface area contributed by atoms with Crippen LogP contribution in [0.3, 0.4) is 0 Å². The molecule has 0 spiro atoms. The maximum atomic E-state index is 10.3. The van der Waals surface area contributed by atoms with E-state index in [0.717, 1.165) is 11.8 Å². The van der Waals surface area contributed by atoms with Gasteiger partial charge in [0, 0.05) is 11.3 Å². The number of carbonyl (C=O) groups is 1. The Labute approximate surface area is 85.4 Å². The van der Waals surface area contributed by atoms with Crippen LogP contribution >= 0.6 is 0 Å². The lowest BCUT2D eigenvalue weighted by atomic mass is 10.1. The van der Waals surface area contributed by atoms with Gasteiger partial charge in [0.1, 0.15) is 6.29 Å². The van der Waals surface area contributed by atoms with Gasteiger partial charge in [-0.05, 0) is 23.8 Å². The summed E-state index contributed by atoms with van der Waals surface area (Å²) in [7, 11) is 0. The zero-order chi connectivity index (χ0) is 11.0. The normalized spacial score (nSPS) is 8.43. The highest BCUT2D eigenvalue weighted by Crippen LogP contribution is 2.13. The number of carbonyl (C=O) groups excluding carboxylic acids is 1. The number of rotatable bonds is 2. The summed E-state index contributed by atoms with van der Waals surface area (Å²) in [4.78, 5) is 10.3. The number of hydrogen-bond acceptors (Lipinski definition) is 2. The minimum absolute atomic E-state index is 0.620. The van der Waals surface area contributed by atoms with Crippen LogP contribution in [0, 0.1) is 0 Å². The number of nitrogen functional groups attached to an aromatic ring is 1. The van der Waals surface area contributed by atoms with Crippen LogP contribution < -0.4 is 5.73 Å². The van der Waals surface area contributed by atoms with E-state index in [1.165, 1.54) is 6.42 Å². The zero-order valence-electron chi connectivity index (χ0n) is 8.79. The molecule has 1 aromatic rings. The van der Waals surface area contributed by atoms with Gasteiger partial charge in [0.25, 0.3) is 0 Å². The lowest BCUT2D eigenvalue weighted by Gasteiger charge is -1.99. The molecule has 0 heterocycles. The molecule has 1 aromatic carbocycles. The number of anilines is 1. The molecule has 0 aliphatic carbocycles. The fraction of sp³-hybridized carbons (Fsp3) is 0.250. The Morgan fingerprint density at radius 2 is 2.00 bits per heavy atom. The van der Waals surface area contributed by atoms with Gasteiger partial charge in [-0.15, -0.1) is 0 Å². The fourth-order valence-corrected chi connectivity index (χ4v) is 0.843. The van der Waals surface area contributed by atoms with Crippen LogP contribution in [0.1, 0.15) is 36.2 Å². The van der Waals surface area contributed by atoms with E-state index in [9.17, 15) is 4.79 Å². The van der Waals surface area contributed by atoms with Crippen LogP contribution in [0.4, 0.5) is 5.69 Å². The molecular formula is C12H17NO. The molecule has 0 fully saturated rings. The Bertz CT molecular complexity index is 305. The molecule has 2 nitrogen and oxygen atoms in total. The Hall–Kier alpha value is -1.57. The van der Waals surface area contributed by atoms with Gasteiger partial charge in [0.2, 0.25) is 0 Å². The molecule has 1 rings (SSSR count). The Kier molecular flexibility index (Phi) is 6.12. The molecule has 2 N–H and O–H groups in total. The molecule has 0 amide bonds. The first kappa shape index (κ1) is 12.4. The van der Waals surface area contributed by atoms with Crippen molar-refractivity contribution in [2.75, 3.05) is 5.73 Å². The number of benzene rings is 1. The summed E-state index contributed by atoms with van der Waals surface area (Å²) in [6, 6.07) is 5.07. The standard InChI is InChI=1S/C9H9NO.C3H8/c1-2-8-5-7(6-11)3-4-9(8)10;1-3-2/h2-6H,1,10H2;3H2,1-2H3. The maximum Gasteiger partial charge on any atom is 0.150 e. The first-order chi connectivity index (χ1) is 6.69. The van der Waals surface area contributed by atoms with Crippen LogP contribution in [0.5, 0.6) is 0 Å². The maximum absolute atomic E-state index is 10.3. The minimum Gasteiger partial charge on any atom is -0.398 e. The van der Waals surface area contributed by atoms with Crippen molar-refractivity contribution in [2.45, 2.75) is 20.3 Å². The van der Waals surface area contributed by atoms with Crippen LogP contribution in [-0.4, -0.2) is 6.29 Å². The van der Waals surface area contributed by atoms with Crippen molar-refractivity contribution in [3.63, 3.8) is 0 Å². The predicted octanol–water partition coefficient (Wildman–Crippen LogP) is 3.14. The third-order valence-electron chi connectivity index (χ3n) is 1.47. The molecule has 0 radical (unpaired) electrons. The van der Waals surface area contributed by atoms with E-state index in [4.69, 9.17) is 5.73 Å². The topological polar surface area (TPSA) is 43.1 Å². The SMILES string of the molecule is C=Cc1cc(C=O)ccc1N.CCC. The highest BCUT2D eigenvalue weighted by Gasteiger charge is 1.95. The monoisotopic (exact) mass is 191 g/mol. The van der Waals surface area contributed by atoms with Gasteiger partial charge in [0.05, 0.1) is 0 Å². The van der Waals surface area contributed by atoms with Crippen LogP contribution in [-0.2, 0) is 0 Å². The summed E-state index contributed by atoms with van der Waals surface area (Å²) in [5.41, 5.74) is 7.63. The van der Waals surface area contributed by atoms with Crippen molar-refractivity contribution >= 4 is 18.0 Å². The largest absolute Gasteiger partial charge is 0.398 e. The molecule has 0 bridgehead atoms. The Morgan fingerprint density at radius 3 is 2.43 bits per heavy atom. The first-order valence-corrected chi connectivity index (χ1v) is 4.66. The molecule has 2 heteroatoms. The number of nitrogens with two attached hydrogens (primary N) is 1. The van der Waals surface area contributed by atoms with Gasteiger partial charge in [-0.1, -0.05) is 32.9 Å². The molecule has 0 saturated carbocycles. The van der Waals surface area contributed by atoms with Gasteiger partial charge in [-0.3, -0.25) is 4.79 Å². The lowest BCUT2D eigenvalue weighted by molar-refractivity contribution is 0.112. The van der Waals surface area contributed by atoms with E-state index in [2.05, 4.69) is 20.4 Å². The van der Waals surface area contributed by atoms with E-state index in [1.807, 2.05) is 0 Å². The van der Waals surface area contributed by atoms with Crippen molar-refractivity contribution in [1.29, 1.82) is 0 Å². The molecule has 0 aliphatic heterocycles. The average molecular weight is 191 g/mol. The van der Waals surface area contributed by atoms with Crippen molar-refractivity contribution < 1.29 is 4.79 Å². The smallest absolute Gasteiger partial charge is 0.150 e. The van der Waals surface area contributed by atoms with E-state index in [1.54, 1.807) is 24.3 Å². The van der Waals surface area contributed by atoms with Gasteiger partial charge < -0.3 is 5.73 Å². The summed E-state index contributed by atoms with van der Waals surface area (Å²) >= 11 is 0. The molecular weight excluding hydrogens is 174 g/mol. The molecule has 0 saturated heterocycles. The van der Waals surface area contributed by atoms with E-state index in [-0.39, 0.29) is 0 Å². The Morgan fingerprint density at radius 1 is 1.43 bits per heavy atom. The summed E-state index contributed by atoms with van der Waals surface area (Å²) in [6.07, 6.45) is 3.66. The molecule has 0 aromatic heterocycles. The van der Waals surface area contributed by atoms with Crippen LogP contribution in [0.15, 0.2) is 24.8 Å². The van der Waals surface area contributed by atoms with Crippen molar-refractivity contribution in [1.82, 2.24) is 0 Å². The highest BCUT2D eigenvalue weighted by atomic mass is 16.1. The Balaban J connectivity index is 0.000000500. The number of hydrogen-bond donors (Lipinski definition) is 1. The van der Waals surface area contributed by atoms with Crippen molar-refractivity contribution in [3.05, 3.63) is 35.9 Å². The second-order valence-corrected chi connectivity index (χ2v) is 2.92. The predicted molar refractivity (Wildman–Crippen MR) is 62.3 cm³/mol. The molecule has 0 atom stereocenters. The number of aldehydes is 1. The summed E-state index contributed by atoms with van der Waals surface area (Å²) in [5, 5.41) is 0. The summed E-state index contributed by atoms with van der Waals surface area (Å²) < 4.78 is 0. The third kappa shape index (κ3) is 3.90. The van der Waals surface area contributed by atoms with Crippen molar-refractivity contribution in [3.8, 4) is 0 Å². The van der Waals surface area contributed by atoms with Gasteiger partial charge >= 0.3 is 0 Å². The van der Waals surface area contributed by atoms with E-state index < -0.39 is 0 Å². The fourth-order valence-electron chi connectivity index (χ4n) is 0.843. The van der Waals surface area contributed by atoms with Crippen LogP contribution in [0.2, 0.25) is 0 Å². The minimum atomic E-state index is 0.620. The second-order valence-electron chi connectivity index (χ2n) is 2.92. The first-order valence-electron chi connectivity index (χ1n) is 4.66. The van der Waals surface area contributed by atoms with E-state index >= 15 is 0 Å². The lowest BCUT2D eigenvalue weighted by Crippen LogP contribution is -1.90. The molecule has 14 heavy (non-hydrogen) atoms. The average Bonchev–Trinajstić information content (AvgIpc) is 2.20. The van der Waals surface area contributed by atoms with Gasteiger partial charge in [-0.2, -0.15) is 0 Å². The second kappa shape index (κ2) is 6.89. The molecule has 0 unspecified atom stereocenters. The third-order valence-corrected chi connectivity index (χ3v) is 1.47. The van der Waals surface area contributed by atoms with Gasteiger partial charge in [0.15, 0.2) is 0 Å². The molecule has 0 aliphatic rings. The van der Waals surface area contributed by atoms with Gasteiger partial charge in [-0.25, -0.2) is 0 Å². The molecule has 76 valence electrons. The van der Waals surface area contributed by atoms with Crippen molar-refractivity contribution in [2.24, 2.45) is 0 Å². The zero-order valence-corrected chi connectivity index (χ0v) is 8.79. The van der Waals surface area contributed by atoms with Crippen LogP contribution in [0.25, 0.3) is 6.08 Å².